The lowest BCUT2D eigenvalue weighted by atomic mass is 9.85. The Morgan fingerprint density at radius 1 is 1.00 bits per heavy atom. The Labute approximate surface area is 162 Å². The summed E-state index contributed by atoms with van der Waals surface area (Å²) < 4.78 is 21.3. The molecule has 144 valence electrons. The second kappa shape index (κ2) is 7.26. The molecule has 1 aliphatic rings. The third-order valence-electron chi connectivity index (χ3n) is 4.89. The van der Waals surface area contributed by atoms with Crippen LogP contribution >= 0.6 is 0 Å². The van der Waals surface area contributed by atoms with Crippen LogP contribution in [0.15, 0.2) is 42.5 Å². The Hall–Kier alpha value is -3.48. The number of H-pyrrole nitrogens is 1. The van der Waals surface area contributed by atoms with Crippen molar-refractivity contribution in [2.24, 2.45) is 0 Å². The summed E-state index contributed by atoms with van der Waals surface area (Å²) in [6.45, 7) is 0. The normalized spacial score (nSPS) is 15.5. The number of aromatic nitrogens is 2. The molecule has 1 atom stereocenters. The number of nitrogens with one attached hydrogen (secondary N) is 1. The van der Waals surface area contributed by atoms with Crippen LogP contribution in [-0.2, 0) is 4.79 Å². The molecule has 0 radical (unpaired) electrons. The van der Waals surface area contributed by atoms with E-state index in [1.54, 1.807) is 21.3 Å². The number of fused-ring (bicyclic) bond motifs is 1. The van der Waals surface area contributed by atoms with E-state index in [2.05, 4.69) is 10.2 Å². The zero-order valence-electron chi connectivity index (χ0n) is 15.8. The third kappa shape index (κ3) is 3.05. The molecule has 0 aliphatic carbocycles. The number of carbonyl (C=O) groups is 1. The van der Waals surface area contributed by atoms with Crippen molar-refractivity contribution in [3.63, 3.8) is 0 Å². The Morgan fingerprint density at radius 2 is 1.75 bits per heavy atom. The molecule has 0 saturated carbocycles. The number of nitrogens with zero attached hydrogens (tertiary/aromatic N) is 1. The maximum Gasteiger partial charge on any atom is 0.313 e. The van der Waals surface area contributed by atoms with Gasteiger partial charge in [0.05, 0.1) is 39.0 Å². The van der Waals surface area contributed by atoms with Gasteiger partial charge in [-0.05, 0) is 42.0 Å². The van der Waals surface area contributed by atoms with Crippen LogP contribution < -0.4 is 18.9 Å². The summed E-state index contributed by atoms with van der Waals surface area (Å²) >= 11 is 0. The fourth-order valence-electron chi connectivity index (χ4n) is 3.49. The molecular weight excluding hydrogens is 360 g/mol. The molecule has 7 nitrogen and oxygen atoms in total. The van der Waals surface area contributed by atoms with Crippen LogP contribution in [0.25, 0.3) is 11.3 Å². The summed E-state index contributed by atoms with van der Waals surface area (Å²) in [7, 11) is 4.80. The highest BCUT2D eigenvalue weighted by atomic mass is 16.5. The van der Waals surface area contributed by atoms with Crippen molar-refractivity contribution in [1.82, 2.24) is 10.2 Å². The minimum atomic E-state index is -0.319. The third-order valence-corrected chi connectivity index (χ3v) is 4.89. The van der Waals surface area contributed by atoms with Crippen molar-refractivity contribution in [3.05, 3.63) is 53.6 Å². The van der Waals surface area contributed by atoms with Crippen LogP contribution in [-0.4, -0.2) is 37.5 Å². The molecule has 1 N–H and O–H groups in total. The minimum absolute atomic E-state index is 0.213. The van der Waals surface area contributed by atoms with Gasteiger partial charge in [0.2, 0.25) is 5.88 Å². The molecule has 7 heteroatoms. The van der Waals surface area contributed by atoms with Gasteiger partial charge in [-0.3, -0.25) is 9.89 Å². The molecule has 2 heterocycles. The number of carbonyl (C=O) groups excluding carboxylic acids is 1. The molecule has 3 aromatic rings. The van der Waals surface area contributed by atoms with Crippen LogP contribution in [0.2, 0.25) is 0 Å². The number of aromatic amines is 1. The van der Waals surface area contributed by atoms with E-state index in [-0.39, 0.29) is 18.3 Å². The van der Waals surface area contributed by atoms with Gasteiger partial charge in [0.1, 0.15) is 5.75 Å². The molecule has 1 aromatic heterocycles. The molecule has 0 spiro atoms. The van der Waals surface area contributed by atoms with Gasteiger partial charge in [0, 0.05) is 11.5 Å². The Morgan fingerprint density at radius 3 is 2.43 bits per heavy atom. The van der Waals surface area contributed by atoms with Crippen molar-refractivity contribution in [1.29, 1.82) is 0 Å². The lowest BCUT2D eigenvalue weighted by molar-refractivity contribution is -0.135. The zero-order chi connectivity index (χ0) is 19.7. The number of hydrogen-bond donors (Lipinski definition) is 1. The average Bonchev–Trinajstić information content (AvgIpc) is 3.16. The maximum absolute atomic E-state index is 12.2. The molecule has 0 amide bonds. The number of esters is 1. The zero-order valence-corrected chi connectivity index (χ0v) is 15.8. The van der Waals surface area contributed by atoms with E-state index >= 15 is 0 Å². The fourth-order valence-corrected chi connectivity index (χ4v) is 3.49. The maximum atomic E-state index is 12.2. The molecule has 4 rings (SSSR count). The Balaban J connectivity index is 1.81. The van der Waals surface area contributed by atoms with Gasteiger partial charge in [-0.25, -0.2) is 0 Å². The van der Waals surface area contributed by atoms with E-state index in [0.717, 1.165) is 28.1 Å². The summed E-state index contributed by atoms with van der Waals surface area (Å²) in [5.41, 5.74) is 3.51. The standard InChI is InChI=1S/C21H20N2O5/c1-25-14-7-4-12(5-8-14)20-19-15(11-18(24)28-21(19)23-22-20)13-6-9-16(26-2)17(10-13)27-3/h4-10,15H,11H2,1-3H3,(H,22,23)/t15-/m1/s1. The molecule has 2 aromatic carbocycles. The van der Waals surface area contributed by atoms with Crippen LogP contribution in [0.5, 0.6) is 23.1 Å². The fraction of sp³-hybridized carbons (Fsp3) is 0.238. The lowest BCUT2D eigenvalue weighted by Crippen LogP contribution is -2.21. The van der Waals surface area contributed by atoms with Gasteiger partial charge in [0.15, 0.2) is 11.5 Å². The molecule has 28 heavy (non-hydrogen) atoms. The first-order valence-corrected chi connectivity index (χ1v) is 8.80. The molecule has 0 unspecified atom stereocenters. The predicted molar refractivity (Wildman–Crippen MR) is 102 cm³/mol. The summed E-state index contributed by atoms with van der Waals surface area (Å²) in [5, 5.41) is 7.24. The van der Waals surface area contributed by atoms with Gasteiger partial charge >= 0.3 is 5.97 Å². The molecule has 1 aliphatic heterocycles. The second-order valence-electron chi connectivity index (χ2n) is 6.39. The molecule has 0 bridgehead atoms. The van der Waals surface area contributed by atoms with Crippen molar-refractivity contribution in [2.45, 2.75) is 12.3 Å². The monoisotopic (exact) mass is 380 g/mol. The van der Waals surface area contributed by atoms with Crippen LogP contribution in [0.4, 0.5) is 0 Å². The van der Waals surface area contributed by atoms with E-state index in [9.17, 15) is 4.79 Å². The van der Waals surface area contributed by atoms with Crippen molar-refractivity contribution in [2.75, 3.05) is 21.3 Å². The van der Waals surface area contributed by atoms with E-state index in [1.807, 2.05) is 42.5 Å². The van der Waals surface area contributed by atoms with E-state index in [4.69, 9.17) is 18.9 Å². The van der Waals surface area contributed by atoms with Gasteiger partial charge in [-0.1, -0.05) is 6.07 Å². The number of benzene rings is 2. The highest BCUT2D eigenvalue weighted by Gasteiger charge is 2.34. The van der Waals surface area contributed by atoms with E-state index in [0.29, 0.717) is 17.4 Å². The van der Waals surface area contributed by atoms with E-state index in [1.165, 1.54) is 0 Å². The average molecular weight is 380 g/mol. The van der Waals surface area contributed by atoms with E-state index < -0.39 is 0 Å². The van der Waals surface area contributed by atoms with Crippen molar-refractivity contribution >= 4 is 5.97 Å². The largest absolute Gasteiger partial charge is 0.497 e. The lowest BCUT2D eigenvalue weighted by Gasteiger charge is -2.23. The summed E-state index contributed by atoms with van der Waals surface area (Å²) in [6, 6.07) is 13.3. The van der Waals surface area contributed by atoms with Crippen LogP contribution in [0.3, 0.4) is 0 Å². The molecule has 0 fully saturated rings. The van der Waals surface area contributed by atoms with Gasteiger partial charge < -0.3 is 18.9 Å². The highest BCUT2D eigenvalue weighted by molar-refractivity contribution is 5.80. The Kier molecular flexibility index (Phi) is 4.65. The van der Waals surface area contributed by atoms with Crippen molar-refractivity contribution in [3.8, 4) is 34.4 Å². The minimum Gasteiger partial charge on any atom is -0.497 e. The summed E-state index contributed by atoms with van der Waals surface area (Å²) in [4.78, 5) is 12.2. The van der Waals surface area contributed by atoms with Crippen LogP contribution in [0.1, 0.15) is 23.5 Å². The summed E-state index contributed by atoms with van der Waals surface area (Å²) in [6.07, 6.45) is 0.213. The van der Waals surface area contributed by atoms with Crippen molar-refractivity contribution < 1.29 is 23.7 Å². The SMILES string of the molecule is COc1ccc(-c2[nH]nc3c2[C@@H](c2ccc(OC)c(OC)c2)CC(=O)O3)cc1. The first kappa shape index (κ1) is 17.9. The second-order valence-corrected chi connectivity index (χ2v) is 6.39. The van der Waals surface area contributed by atoms with Gasteiger partial charge in [-0.15, -0.1) is 5.10 Å². The quantitative estimate of drug-likeness (QED) is 0.682. The number of ether oxygens (including phenoxy) is 4. The topological polar surface area (TPSA) is 82.7 Å². The van der Waals surface area contributed by atoms with Gasteiger partial charge in [0.25, 0.3) is 0 Å². The van der Waals surface area contributed by atoms with Crippen LogP contribution in [0, 0.1) is 0 Å². The Bertz CT molecular complexity index is 1010. The first-order chi connectivity index (χ1) is 13.6. The smallest absolute Gasteiger partial charge is 0.313 e. The molecular formula is C21H20N2O5. The molecule has 0 saturated heterocycles. The predicted octanol–water partition coefficient (Wildman–Crippen LogP) is 3.54. The number of rotatable bonds is 5. The number of methoxy groups -OCH3 is 3. The number of hydrogen-bond acceptors (Lipinski definition) is 6. The summed E-state index contributed by atoms with van der Waals surface area (Å²) in [5.74, 6) is 1.77. The first-order valence-electron chi connectivity index (χ1n) is 8.80. The highest BCUT2D eigenvalue weighted by Crippen LogP contribution is 2.44. The van der Waals surface area contributed by atoms with Gasteiger partial charge in [-0.2, -0.15) is 0 Å².